The number of esters is 2. The highest BCUT2D eigenvalue weighted by Crippen LogP contribution is 1.87. The molecule has 0 fully saturated rings. The maximum Gasteiger partial charge on any atom is 0.407 e. The first kappa shape index (κ1) is 29.2. The van der Waals surface area contributed by atoms with Crippen molar-refractivity contribution >= 4 is 24.1 Å². The number of unbranched alkanes of at least 4 members (excludes halogenated alkanes) is 2. The van der Waals surface area contributed by atoms with Gasteiger partial charge in [0.15, 0.2) is 0 Å². The van der Waals surface area contributed by atoms with E-state index in [0.29, 0.717) is 13.1 Å². The lowest BCUT2D eigenvalue weighted by Gasteiger charge is -2.06. The van der Waals surface area contributed by atoms with E-state index in [1.54, 1.807) is 0 Å². The van der Waals surface area contributed by atoms with Crippen molar-refractivity contribution in [2.45, 2.75) is 39.5 Å². The number of hydrogen-bond donors (Lipinski definition) is 2. The van der Waals surface area contributed by atoms with E-state index >= 15 is 0 Å². The number of ether oxygens (including phenoxy) is 4. The number of carbonyl (C=O) groups is 4. The minimum absolute atomic E-state index is 0.0477. The zero-order valence-corrected chi connectivity index (χ0v) is 17.9. The summed E-state index contributed by atoms with van der Waals surface area (Å²) < 4.78 is 18.7. The second-order valence-electron chi connectivity index (χ2n) is 5.58. The maximum atomic E-state index is 10.9. The third-order valence-corrected chi connectivity index (χ3v) is 3.05. The van der Waals surface area contributed by atoms with Crippen molar-refractivity contribution in [2.24, 2.45) is 0 Å². The van der Waals surface area contributed by atoms with Gasteiger partial charge in [-0.2, -0.15) is 0 Å². The molecule has 0 aromatic heterocycles. The van der Waals surface area contributed by atoms with Crippen molar-refractivity contribution in [1.29, 1.82) is 0 Å². The fourth-order valence-electron chi connectivity index (χ4n) is 1.51. The van der Waals surface area contributed by atoms with Crippen molar-refractivity contribution in [3.05, 3.63) is 25.3 Å². The lowest BCUT2D eigenvalue weighted by atomic mass is 10.3. The van der Waals surface area contributed by atoms with Gasteiger partial charge >= 0.3 is 24.1 Å². The fourth-order valence-corrected chi connectivity index (χ4v) is 1.51. The number of carbonyl (C=O) groups excluding carboxylic acids is 4. The van der Waals surface area contributed by atoms with E-state index in [1.807, 2.05) is 13.8 Å². The molecular formula is C20H34N2O8. The van der Waals surface area contributed by atoms with Crippen LogP contribution in [0.15, 0.2) is 25.3 Å². The topological polar surface area (TPSA) is 129 Å². The van der Waals surface area contributed by atoms with E-state index in [0.717, 1.165) is 37.8 Å². The van der Waals surface area contributed by atoms with Crippen LogP contribution < -0.4 is 10.6 Å². The molecule has 0 aliphatic carbocycles. The van der Waals surface area contributed by atoms with Gasteiger partial charge in [0.25, 0.3) is 0 Å². The zero-order chi connectivity index (χ0) is 23.0. The summed E-state index contributed by atoms with van der Waals surface area (Å²) in [6.45, 7) is 11.9. The lowest BCUT2D eigenvalue weighted by Crippen LogP contribution is -2.26. The number of rotatable bonds is 14. The molecule has 0 spiro atoms. The van der Waals surface area contributed by atoms with Crippen LogP contribution in [0.3, 0.4) is 0 Å². The van der Waals surface area contributed by atoms with Crippen LogP contribution in [0.25, 0.3) is 0 Å². The van der Waals surface area contributed by atoms with Gasteiger partial charge in [-0.05, 0) is 12.8 Å². The molecule has 2 N–H and O–H groups in total. The van der Waals surface area contributed by atoms with Gasteiger partial charge in [-0.3, -0.25) is 0 Å². The molecule has 0 aliphatic rings. The molecule has 0 heterocycles. The Labute approximate surface area is 177 Å². The summed E-state index contributed by atoms with van der Waals surface area (Å²) in [6.07, 6.45) is 4.99. The monoisotopic (exact) mass is 430 g/mol. The molecule has 0 atom stereocenters. The minimum Gasteiger partial charge on any atom is -0.459 e. The molecule has 0 unspecified atom stereocenters. The predicted octanol–water partition coefficient (Wildman–Crippen LogP) is 2.48. The molecule has 0 aliphatic heterocycles. The van der Waals surface area contributed by atoms with Crippen LogP contribution in [0.1, 0.15) is 39.5 Å². The largest absolute Gasteiger partial charge is 0.459 e. The van der Waals surface area contributed by atoms with Crippen LogP contribution >= 0.6 is 0 Å². The van der Waals surface area contributed by atoms with E-state index in [1.165, 1.54) is 0 Å². The van der Waals surface area contributed by atoms with Gasteiger partial charge in [0, 0.05) is 25.2 Å². The van der Waals surface area contributed by atoms with Crippen molar-refractivity contribution < 1.29 is 38.1 Å². The molecule has 0 aromatic rings. The molecule has 10 nitrogen and oxygen atoms in total. The quantitative estimate of drug-likeness (QED) is 0.186. The summed E-state index contributed by atoms with van der Waals surface area (Å²) in [5.41, 5.74) is 0. The van der Waals surface area contributed by atoms with Gasteiger partial charge in [0.2, 0.25) is 0 Å². The summed E-state index contributed by atoms with van der Waals surface area (Å²) in [5, 5.41) is 5.13. The molecule has 30 heavy (non-hydrogen) atoms. The SMILES string of the molecule is C=CC(=O)OCCOC(=O)NCCCC.C=CC(=O)OCCOC(=O)NCCCC. The van der Waals surface area contributed by atoms with Crippen LogP contribution in [-0.2, 0) is 28.5 Å². The first-order valence-electron chi connectivity index (χ1n) is 9.80. The highest BCUT2D eigenvalue weighted by molar-refractivity contribution is 5.81. The standard InChI is InChI=1S/2C10H17NO4/c2*1-3-5-6-11-10(13)15-8-7-14-9(12)4-2/h2*4H,2-3,5-8H2,1H3,(H,11,13). The molecule has 0 rings (SSSR count). The van der Waals surface area contributed by atoms with Crippen LogP contribution in [0.4, 0.5) is 9.59 Å². The Kier molecular flexibility index (Phi) is 21.6. The predicted molar refractivity (Wildman–Crippen MR) is 111 cm³/mol. The molecule has 0 saturated carbocycles. The molecule has 10 heteroatoms. The van der Waals surface area contributed by atoms with Crippen LogP contribution in [-0.4, -0.2) is 63.6 Å². The Bertz CT molecular complexity index is 477. The lowest BCUT2D eigenvalue weighted by molar-refractivity contribution is -0.139. The van der Waals surface area contributed by atoms with Gasteiger partial charge in [0.1, 0.15) is 26.4 Å². The first-order chi connectivity index (χ1) is 14.4. The maximum absolute atomic E-state index is 10.9. The minimum atomic E-state index is -0.523. The Morgan fingerprint density at radius 2 is 1.00 bits per heavy atom. The molecule has 172 valence electrons. The smallest absolute Gasteiger partial charge is 0.407 e. The number of alkyl carbamates (subject to hydrolysis) is 2. The Morgan fingerprint density at radius 1 is 0.667 bits per heavy atom. The van der Waals surface area contributed by atoms with Gasteiger partial charge in [-0.1, -0.05) is 39.8 Å². The summed E-state index contributed by atoms with van der Waals surface area (Å²) in [7, 11) is 0. The van der Waals surface area contributed by atoms with Crippen molar-refractivity contribution in [2.75, 3.05) is 39.5 Å². The van der Waals surface area contributed by atoms with E-state index in [2.05, 4.69) is 33.3 Å². The van der Waals surface area contributed by atoms with E-state index in [4.69, 9.17) is 9.47 Å². The van der Waals surface area contributed by atoms with Crippen LogP contribution in [0.5, 0.6) is 0 Å². The van der Waals surface area contributed by atoms with Gasteiger partial charge in [-0.15, -0.1) is 0 Å². The Hall–Kier alpha value is -3.04. The summed E-state index contributed by atoms with van der Waals surface area (Å²) in [4.78, 5) is 43.0. The molecular weight excluding hydrogens is 396 g/mol. The van der Waals surface area contributed by atoms with E-state index in [-0.39, 0.29) is 26.4 Å². The molecule has 0 bridgehead atoms. The third-order valence-electron chi connectivity index (χ3n) is 3.05. The number of amides is 2. The molecule has 0 radical (unpaired) electrons. The van der Waals surface area contributed by atoms with Gasteiger partial charge in [0.05, 0.1) is 0 Å². The second-order valence-corrected chi connectivity index (χ2v) is 5.58. The van der Waals surface area contributed by atoms with E-state index < -0.39 is 24.1 Å². The normalized spacial score (nSPS) is 9.13. The highest BCUT2D eigenvalue weighted by Gasteiger charge is 2.02. The molecule has 2 amide bonds. The van der Waals surface area contributed by atoms with Gasteiger partial charge in [-0.25, -0.2) is 19.2 Å². The summed E-state index contributed by atoms with van der Waals surface area (Å²) >= 11 is 0. The van der Waals surface area contributed by atoms with Crippen LogP contribution in [0.2, 0.25) is 0 Å². The molecule has 0 saturated heterocycles. The van der Waals surface area contributed by atoms with Crippen molar-refractivity contribution in [3.8, 4) is 0 Å². The second kappa shape index (κ2) is 22.3. The summed E-state index contributed by atoms with van der Waals surface area (Å²) in [6, 6.07) is 0. The fraction of sp³-hybridized carbons (Fsp3) is 0.600. The Balaban J connectivity index is 0. The number of nitrogens with one attached hydrogen (secondary N) is 2. The number of hydrogen-bond acceptors (Lipinski definition) is 8. The van der Waals surface area contributed by atoms with Crippen LogP contribution in [0, 0.1) is 0 Å². The van der Waals surface area contributed by atoms with E-state index in [9.17, 15) is 19.2 Å². The van der Waals surface area contributed by atoms with Crippen molar-refractivity contribution in [1.82, 2.24) is 10.6 Å². The van der Waals surface area contributed by atoms with Gasteiger partial charge < -0.3 is 29.6 Å². The summed E-state index contributed by atoms with van der Waals surface area (Å²) in [5.74, 6) is -1.05. The third kappa shape index (κ3) is 23.0. The van der Waals surface area contributed by atoms with Crippen molar-refractivity contribution in [3.63, 3.8) is 0 Å². The zero-order valence-electron chi connectivity index (χ0n) is 17.9. The Morgan fingerprint density at radius 3 is 1.30 bits per heavy atom. The molecule has 0 aromatic carbocycles. The first-order valence-corrected chi connectivity index (χ1v) is 9.80. The average Bonchev–Trinajstić information content (AvgIpc) is 2.74. The average molecular weight is 430 g/mol. The highest BCUT2D eigenvalue weighted by atomic mass is 16.6.